The van der Waals surface area contributed by atoms with Crippen LogP contribution in [0.5, 0.6) is 0 Å². The fraction of sp³-hybridized carbons (Fsp3) is 0.0870. The van der Waals surface area contributed by atoms with Crippen molar-refractivity contribution in [2.45, 2.75) is 13.2 Å². The topological polar surface area (TPSA) is 110 Å². The minimum Gasteiger partial charge on any atom is -0.445 e. The average Bonchev–Trinajstić information content (AvgIpc) is 3.49. The van der Waals surface area contributed by atoms with Gasteiger partial charge in [-0.25, -0.2) is 19.9 Å². The molecule has 0 saturated heterocycles. The van der Waals surface area contributed by atoms with Crippen LogP contribution in [0.15, 0.2) is 59.6 Å². The van der Waals surface area contributed by atoms with E-state index in [1.54, 1.807) is 29.8 Å². The Kier molecular flexibility index (Phi) is 4.30. The Morgan fingerprint density at radius 1 is 1.06 bits per heavy atom. The molecule has 0 fully saturated rings. The fourth-order valence-corrected chi connectivity index (χ4v) is 4.47. The second-order valence-corrected chi connectivity index (χ2v) is 8.53. The number of oxazole rings is 1. The van der Waals surface area contributed by atoms with E-state index in [0.717, 1.165) is 32.0 Å². The van der Waals surface area contributed by atoms with E-state index in [0.29, 0.717) is 28.7 Å². The molecule has 1 aliphatic rings. The van der Waals surface area contributed by atoms with Crippen LogP contribution in [0.4, 0.5) is 5.82 Å². The van der Waals surface area contributed by atoms with Crippen molar-refractivity contribution >= 4 is 39.7 Å². The molecule has 1 aromatic carbocycles. The zero-order valence-electron chi connectivity index (χ0n) is 16.9. The molecular weight excluding hydrogens is 424 g/mol. The predicted molar refractivity (Wildman–Crippen MR) is 123 cm³/mol. The summed E-state index contributed by atoms with van der Waals surface area (Å²) in [5, 5.41) is 15.6. The molecule has 5 heterocycles. The third-order valence-electron chi connectivity index (χ3n) is 5.19. The Labute approximate surface area is 186 Å². The largest absolute Gasteiger partial charge is 0.445 e. The van der Waals surface area contributed by atoms with Gasteiger partial charge in [0, 0.05) is 23.3 Å². The standard InChI is InChI=1S/C23H16N6O2S/c1-12-26-11-18(32-12)20-19(14-4-5-16-13(9-14)3-2-6-24-16)27-17-10-15(23-25-7-8-31-23)22(30)29-21(17)28-20/h2-11,22,30H,1H3,(H,28,29). The number of pyridine rings is 1. The number of aliphatic hydroxyl groups is 1. The highest BCUT2D eigenvalue weighted by Gasteiger charge is 2.27. The molecule has 0 amide bonds. The Bertz CT molecular complexity index is 1490. The van der Waals surface area contributed by atoms with E-state index in [2.05, 4.69) is 26.3 Å². The number of anilines is 1. The fourth-order valence-electron chi connectivity index (χ4n) is 3.70. The molecule has 5 aromatic rings. The summed E-state index contributed by atoms with van der Waals surface area (Å²) in [7, 11) is 0. The lowest BCUT2D eigenvalue weighted by atomic mass is 10.0. The lowest BCUT2D eigenvalue weighted by molar-refractivity contribution is 0.257. The SMILES string of the molecule is Cc1ncc(-c2nc3c(nc2-c2ccc4ncccc4c2)C=C(c2ncco2)C(O)N3)s1. The molecule has 4 aromatic heterocycles. The van der Waals surface area contributed by atoms with E-state index in [9.17, 15) is 5.11 Å². The summed E-state index contributed by atoms with van der Waals surface area (Å²) in [4.78, 5) is 23.6. The number of aliphatic hydroxyl groups excluding tert-OH is 1. The van der Waals surface area contributed by atoms with Crippen LogP contribution < -0.4 is 5.32 Å². The Hall–Kier alpha value is -3.95. The van der Waals surface area contributed by atoms with Crippen LogP contribution in [0.1, 0.15) is 16.6 Å². The van der Waals surface area contributed by atoms with E-state index < -0.39 is 6.23 Å². The van der Waals surface area contributed by atoms with Gasteiger partial charge in [0.15, 0.2) is 12.0 Å². The molecular formula is C23H16N6O2S. The van der Waals surface area contributed by atoms with Gasteiger partial charge in [0.2, 0.25) is 5.89 Å². The van der Waals surface area contributed by atoms with Gasteiger partial charge in [-0.2, -0.15) is 0 Å². The minimum absolute atomic E-state index is 0.331. The van der Waals surface area contributed by atoms with Gasteiger partial charge in [0.25, 0.3) is 0 Å². The smallest absolute Gasteiger partial charge is 0.226 e. The summed E-state index contributed by atoms with van der Waals surface area (Å²) in [5.41, 5.74) is 4.33. The second-order valence-electron chi connectivity index (χ2n) is 7.29. The van der Waals surface area contributed by atoms with E-state index >= 15 is 0 Å². The number of fused-ring (bicyclic) bond motifs is 2. The summed E-state index contributed by atoms with van der Waals surface area (Å²) in [6.07, 6.45) is 7.32. The molecule has 32 heavy (non-hydrogen) atoms. The third-order valence-corrected chi connectivity index (χ3v) is 6.11. The first-order valence-corrected chi connectivity index (χ1v) is 10.7. The molecule has 0 bridgehead atoms. The van der Waals surface area contributed by atoms with E-state index in [1.165, 1.54) is 12.5 Å². The van der Waals surface area contributed by atoms with Crippen molar-refractivity contribution in [2.24, 2.45) is 0 Å². The molecule has 2 N–H and O–H groups in total. The number of aromatic nitrogens is 5. The van der Waals surface area contributed by atoms with Crippen LogP contribution in [0, 0.1) is 6.92 Å². The van der Waals surface area contributed by atoms with E-state index in [1.807, 2.05) is 31.2 Å². The number of hydrogen-bond donors (Lipinski definition) is 2. The normalized spacial score (nSPS) is 15.3. The van der Waals surface area contributed by atoms with Crippen LogP contribution in [0.3, 0.4) is 0 Å². The summed E-state index contributed by atoms with van der Waals surface area (Å²) in [6.45, 7) is 1.95. The van der Waals surface area contributed by atoms with Crippen molar-refractivity contribution in [3.63, 3.8) is 0 Å². The van der Waals surface area contributed by atoms with Gasteiger partial charge in [-0.05, 0) is 31.2 Å². The average molecular weight is 440 g/mol. The molecule has 0 aliphatic carbocycles. The highest BCUT2D eigenvalue weighted by molar-refractivity contribution is 7.15. The molecule has 0 radical (unpaired) electrons. The summed E-state index contributed by atoms with van der Waals surface area (Å²) in [6, 6.07) is 9.96. The number of hydrogen-bond acceptors (Lipinski definition) is 9. The van der Waals surface area contributed by atoms with Gasteiger partial charge in [-0.3, -0.25) is 4.98 Å². The van der Waals surface area contributed by atoms with Gasteiger partial charge in [-0.15, -0.1) is 11.3 Å². The van der Waals surface area contributed by atoms with Crippen molar-refractivity contribution in [2.75, 3.05) is 5.32 Å². The quantitative estimate of drug-likeness (QED) is 0.425. The number of aryl methyl sites for hydroxylation is 1. The monoisotopic (exact) mass is 440 g/mol. The first-order chi connectivity index (χ1) is 15.7. The maximum atomic E-state index is 10.6. The van der Waals surface area contributed by atoms with Gasteiger partial charge < -0.3 is 14.8 Å². The summed E-state index contributed by atoms with van der Waals surface area (Å²) < 4.78 is 5.38. The van der Waals surface area contributed by atoms with Gasteiger partial charge in [0.1, 0.15) is 17.7 Å². The van der Waals surface area contributed by atoms with Crippen molar-refractivity contribution < 1.29 is 9.52 Å². The van der Waals surface area contributed by atoms with Crippen molar-refractivity contribution in [3.05, 3.63) is 71.8 Å². The van der Waals surface area contributed by atoms with Crippen molar-refractivity contribution in [3.8, 4) is 21.8 Å². The summed E-state index contributed by atoms with van der Waals surface area (Å²) in [5.74, 6) is 0.818. The lowest BCUT2D eigenvalue weighted by Crippen LogP contribution is -2.25. The van der Waals surface area contributed by atoms with Gasteiger partial charge in [0.05, 0.1) is 32.9 Å². The molecule has 6 rings (SSSR count). The predicted octanol–water partition coefficient (Wildman–Crippen LogP) is 4.40. The van der Waals surface area contributed by atoms with Crippen LogP contribution in [0.25, 0.3) is 44.4 Å². The molecule has 0 spiro atoms. The zero-order valence-corrected chi connectivity index (χ0v) is 17.7. The van der Waals surface area contributed by atoms with Crippen LogP contribution in [-0.4, -0.2) is 36.3 Å². The van der Waals surface area contributed by atoms with E-state index in [-0.39, 0.29) is 0 Å². The van der Waals surface area contributed by atoms with Gasteiger partial charge >= 0.3 is 0 Å². The number of thiazole rings is 1. The minimum atomic E-state index is -1.01. The van der Waals surface area contributed by atoms with Crippen molar-refractivity contribution in [1.82, 2.24) is 24.9 Å². The number of nitrogens with zero attached hydrogens (tertiary/aromatic N) is 5. The highest BCUT2D eigenvalue weighted by atomic mass is 32.1. The van der Waals surface area contributed by atoms with Crippen LogP contribution in [-0.2, 0) is 0 Å². The maximum Gasteiger partial charge on any atom is 0.226 e. The third kappa shape index (κ3) is 3.15. The Morgan fingerprint density at radius 2 is 2.00 bits per heavy atom. The highest BCUT2D eigenvalue weighted by Crippen LogP contribution is 2.38. The lowest BCUT2D eigenvalue weighted by Gasteiger charge is -2.22. The second kappa shape index (κ2) is 7.33. The maximum absolute atomic E-state index is 10.6. The summed E-state index contributed by atoms with van der Waals surface area (Å²) >= 11 is 1.55. The van der Waals surface area contributed by atoms with Gasteiger partial charge in [-0.1, -0.05) is 12.1 Å². The number of rotatable bonds is 3. The molecule has 1 unspecified atom stereocenters. The number of benzene rings is 1. The molecule has 156 valence electrons. The van der Waals surface area contributed by atoms with Crippen molar-refractivity contribution in [1.29, 1.82) is 0 Å². The molecule has 8 nitrogen and oxygen atoms in total. The zero-order chi connectivity index (χ0) is 21.7. The first-order valence-electron chi connectivity index (χ1n) is 9.92. The molecule has 0 saturated carbocycles. The first kappa shape index (κ1) is 18.8. The molecule has 9 heteroatoms. The van der Waals surface area contributed by atoms with Crippen LogP contribution >= 0.6 is 11.3 Å². The van der Waals surface area contributed by atoms with Crippen LogP contribution in [0.2, 0.25) is 0 Å². The Morgan fingerprint density at radius 3 is 2.81 bits per heavy atom. The molecule has 1 atom stereocenters. The van der Waals surface area contributed by atoms with E-state index in [4.69, 9.17) is 14.4 Å². The number of nitrogens with one attached hydrogen (secondary N) is 1. The Balaban J connectivity index is 1.58. The molecule has 1 aliphatic heterocycles.